The standard InChI is InChI=1S/C27H33N3O3/c1-4-33-27(32)22-11-8-14-29(17-22)18-26(31)30-25(21-9-6-5-7-10-21)16-24(28-30)23-15-19(2)12-13-20(23)3/h5-7,9-10,12-13,15,22,25H,4,8,11,14,16-18H2,1-3H3/t22-,25-/m1/s1. The molecule has 2 aromatic carbocycles. The molecular formula is C27H33N3O3. The Balaban J connectivity index is 1.55. The van der Waals surface area contributed by atoms with E-state index in [2.05, 4.69) is 49.1 Å². The maximum Gasteiger partial charge on any atom is 0.310 e. The number of piperidine rings is 1. The average Bonchev–Trinajstić information content (AvgIpc) is 3.27. The Hall–Kier alpha value is -2.99. The van der Waals surface area contributed by atoms with Crippen LogP contribution in [0.5, 0.6) is 0 Å². The smallest absolute Gasteiger partial charge is 0.310 e. The van der Waals surface area contributed by atoms with Gasteiger partial charge in [-0.25, -0.2) is 5.01 Å². The molecule has 0 radical (unpaired) electrons. The highest BCUT2D eigenvalue weighted by Gasteiger charge is 2.35. The number of hydrogen-bond donors (Lipinski definition) is 0. The topological polar surface area (TPSA) is 62.2 Å². The van der Waals surface area contributed by atoms with E-state index < -0.39 is 0 Å². The highest BCUT2D eigenvalue weighted by Crippen LogP contribution is 2.34. The molecule has 2 aliphatic heterocycles. The zero-order valence-electron chi connectivity index (χ0n) is 19.8. The minimum atomic E-state index is -0.163. The summed E-state index contributed by atoms with van der Waals surface area (Å²) in [5.41, 5.74) is 5.47. The Bertz CT molecular complexity index is 1030. The van der Waals surface area contributed by atoms with E-state index in [0.29, 0.717) is 19.6 Å². The van der Waals surface area contributed by atoms with Crippen LogP contribution in [0.15, 0.2) is 53.6 Å². The van der Waals surface area contributed by atoms with E-state index in [-0.39, 0.29) is 30.4 Å². The van der Waals surface area contributed by atoms with Crippen LogP contribution in [0.3, 0.4) is 0 Å². The monoisotopic (exact) mass is 447 g/mol. The van der Waals surface area contributed by atoms with Gasteiger partial charge in [-0.1, -0.05) is 48.0 Å². The highest BCUT2D eigenvalue weighted by molar-refractivity contribution is 6.04. The largest absolute Gasteiger partial charge is 0.466 e. The van der Waals surface area contributed by atoms with Crippen LogP contribution in [-0.2, 0) is 14.3 Å². The second-order valence-corrected chi connectivity index (χ2v) is 9.06. The number of carbonyl (C=O) groups is 2. The van der Waals surface area contributed by atoms with Crippen LogP contribution >= 0.6 is 0 Å². The number of carbonyl (C=O) groups excluding carboxylic acids is 2. The fourth-order valence-electron chi connectivity index (χ4n) is 4.80. The van der Waals surface area contributed by atoms with Gasteiger partial charge in [-0.15, -0.1) is 0 Å². The quantitative estimate of drug-likeness (QED) is 0.621. The molecule has 4 rings (SSSR count). The van der Waals surface area contributed by atoms with Gasteiger partial charge in [-0.3, -0.25) is 14.5 Å². The van der Waals surface area contributed by atoms with Crippen molar-refractivity contribution >= 4 is 17.6 Å². The van der Waals surface area contributed by atoms with Crippen molar-refractivity contribution in [1.29, 1.82) is 0 Å². The summed E-state index contributed by atoms with van der Waals surface area (Å²) in [6.45, 7) is 7.99. The minimum Gasteiger partial charge on any atom is -0.466 e. The van der Waals surface area contributed by atoms with Gasteiger partial charge in [0.25, 0.3) is 5.91 Å². The number of rotatable bonds is 6. The molecule has 0 aliphatic carbocycles. The van der Waals surface area contributed by atoms with Gasteiger partial charge < -0.3 is 4.74 Å². The number of benzene rings is 2. The SMILES string of the molecule is CCOC(=O)[C@@H]1CCCN(CC(=O)N2N=C(c3cc(C)ccc3C)C[C@@H]2c2ccccc2)C1. The predicted octanol–water partition coefficient (Wildman–Crippen LogP) is 4.26. The van der Waals surface area contributed by atoms with Crippen LogP contribution in [0.25, 0.3) is 0 Å². The third-order valence-electron chi connectivity index (χ3n) is 6.54. The molecule has 0 unspecified atom stereocenters. The molecular weight excluding hydrogens is 414 g/mol. The van der Waals surface area contributed by atoms with Gasteiger partial charge in [-0.05, 0) is 57.4 Å². The fourth-order valence-corrected chi connectivity index (χ4v) is 4.80. The van der Waals surface area contributed by atoms with Gasteiger partial charge in [0.2, 0.25) is 0 Å². The molecule has 2 aromatic rings. The lowest BCUT2D eigenvalue weighted by molar-refractivity contribution is -0.150. The Morgan fingerprint density at radius 1 is 1.12 bits per heavy atom. The number of likely N-dealkylation sites (tertiary alicyclic amines) is 1. The third-order valence-corrected chi connectivity index (χ3v) is 6.54. The maximum atomic E-state index is 13.5. The number of ether oxygens (including phenoxy) is 1. The predicted molar refractivity (Wildman–Crippen MR) is 129 cm³/mol. The molecule has 0 aromatic heterocycles. The molecule has 0 bridgehead atoms. The zero-order valence-corrected chi connectivity index (χ0v) is 19.8. The summed E-state index contributed by atoms with van der Waals surface area (Å²) in [5, 5.41) is 6.52. The molecule has 174 valence electrons. The molecule has 33 heavy (non-hydrogen) atoms. The average molecular weight is 448 g/mol. The van der Waals surface area contributed by atoms with Crippen LogP contribution in [0.1, 0.15) is 54.5 Å². The van der Waals surface area contributed by atoms with Gasteiger partial charge in [-0.2, -0.15) is 5.10 Å². The van der Waals surface area contributed by atoms with E-state index in [1.54, 1.807) is 5.01 Å². The Labute approximate surface area is 196 Å². The summed E-state index contributed by atoms with van der Waals surface area (Å²) in [4.78, 5) is 27.8. The van der Waals surface area contributed by atoms with E-state index in [9.17, 15) is 9.59 Å². The van der Waals surface area contributed by atoms with Crippen molar-refractivity contribution in [2.75, 3.05) is 26.2 Å². The molecule has 1 fully saturated rings. The van der Waals surface area contributed by atoms with Crippen molar-refractivity contribution < 1.29 is 14.3 Å². The number of esters is 1. The summed E-state index contributed by atoms with van der Waals surface area (Å²) >= 11 is 0. The van der Waals surface area contributed by atoms with Gasteiger partial charge in [0.05, 0.1) is 30.8 Å². The molecule has 6 nitrogen and oxygen atoms in total. The van der Waals surface area contributed by atoms with E-state index in [1.165, 1.54) is 5.56 Å². The van der Waals surface area contributed by atoms with E-state index in [0.717, 1.165) is 41.8 Å². The zero-order chi connectivity index (χ0) is 23.4. The highest BCUT2D eigenvalue weighted by atomic mass is 16.5. The van der Waals surface area contributed by atoms with E-state index >= 15 is 0 Å². The van der Waals surface area contributed by atoms with E-state index in [1.807, 2.05) is 25.1 Å². The second-order valence-electron chi connectivity index (χ2n) is 9.06. The lowest BCUT2D eigenvalue weighted by Crippen LogP contribution is -2.44. The van der Waals surface area contributed by atoms with Gasteiger partial charge in [0, 0.05) is 18.5 Å². The van der Waals surface area contributed by atoms with Crippen LogP contribution in [0.4, 0.5) is 0 Å². The summed E-state index contributed by atoms with van der Waals surface area (Å²) in [7, 11) is 0. The van der Waals surface area contributed by atoms with Gasteiger partial charge >= 0.3 is 5.97 Å². The summed E-state index contributed by atoms with van der Waals surface area (Å²) in [6, 6.07) is 16.3. The molecule has 1 saturated heterocycles. The summed E-state index contributed by atoms with van der Waals surface area (Å²) < 4.78 is 5.21. The fraction of sp³-hybridized carbons (Fsp3) is 0.444. The summed E-state index contributed by atoms with van der Waals surface area (Å²) in [5.74, 6) is -0.356. The van der Waals surface area contributed by atoms with Crippen LogP contribution < -0.4 is 0 Å². The summed E-state index contributed by atoms with van der Waals surface area (Å²) in [6.07, 6.45) is 2.39. The van der Waals surface area contributed by atoms with Gasteiger partial charge in [0.15, 0.2) is 0 Å². The Morgan fingerprint density at radius 2 is 1.91 bits per heavy atom. The number of hydrogen-bond acceptors (Lipinski definition) is 5. The molecule has 6 heteroatoms. The van der Waals surface area contributed by atoms with Crippen molar-refractivity contribution in [2.24, 2.45) is 11.0 Å². The molecule has 2 aliphatic rings. The molecule has 2 atom stereocenters. The molecule has 0 N–H and O–H groups in total. The maximum absolute atomic E-state index is 13.5. The molecule has 2 heterocycles. The number of amides is 1. The first-order valence-electron chi connectivity index (χ1n) is 11.9. The van der Waals surface area contributed by atoms with E-state index in [4.69, 9.17) is 9.84 Å². The van der Waals surface area contributed by atoms with Gasteiger partial charge in [0.1, 0.15) is 0 Å². The minimum absolute atomic E-state index is 0.0336. The van der Waals surface area contributed by atoms with Crippen LogP contribution in [0, 0.1) is 19.8 Å². The second kappa shape index (κ2) is 10.3. The first-order chi connectivity index (χ1) is 16.0. The molecule has 0 saturated carbocycles. The Kier molecular flexibility index (Phi) is 7.23. The van der Waals surface area contributed by atoms with Crippen molar-refractivity contribution in [3.63, 3.8) is 0 Å². The van der Waals surface area contributed by atoms with Crippen molar-refractivity contribution in [2.45, 2.75) is 46.1 Å². The number of nitrogens with zero attached hydrogens (tertiary/aromatic N) is 3. The Morgan fingerprint density at radius 3 is 2.67 bits per heavy atom. The third kappa shape index (κ3) is 5.33. The lowest BCUT2D eigenvalue weighted by atomic mass is 9.95. The molecule has 1 amide bonds. The lowest BCUT2D eigenvalue weighted by Gasteiger charge is -2.32. The first kappa shape index (κ1) is 23.2. The van der Waals surface area contributed by atoms with Crippen molar-refractivity contribution in [1.82, 2.24) is 9.91 Å². The van der Waals surface area contributed by atoms with Crippen molar-refractivity contribution in [3.8, 4) is 0 Å². The van der Waals surface area contributed by atoms with Crippen molar-refractivity contribution in [3.05, 3.63) is 70.8 Å². The normalized spacial score (nSPS) is 21.1. The van der Waals surface area contributed by atoms with Crippen LogP contribution in [0.2, 0.25) is 0 Å². The number of hydrazone groups is 1. The molecule has 0 spiro atoms. The number of aryl methyl sites for hydroxylation is 2. The van der Waals surface area contributed by atoms with Crippen LogP contribution in [-0.4, -0.2) is 53.7 Å². The first-order valence-corrected chi connectivity index (χ1v) is 11.9.